The zero-order valence-corrected chi connectivity index (χ0v) is 19.3. The molecule has 0 radical (unpaired) electrons. The topological polar surface area (TPSA) is 38.3 Å². The molecule has 1 aliphatic rings. The van der Waals surface area contributed by atoms with Crippen LogP contribution < -0.4 is 5.32 Å². The second kappa shape index (κ2) is 9.04. The van der Waals surface area contributed by atoms with Gasteiger partial charge in [0.15, 0.2) is 0 Å². The van der Waals surface area contributed by atoms with Crippen molar-refractivity contribution in [2.45, 2.75) is 51.6 Å². The summed E-state index contributed by atoms with van der Waals surface area (Å²) in [5.74, 6) is 0.705. The molecule has 0 fully saturated rings. The number of carbonyl (C=O) groups excluding carboxylic acids is 1. The fraction of sp³-hybridized carbons (Fsp3) is 0.276. The molecule has 0 heterocycles. The Labute approximate surface area is 191 Å². The zero-order chi connectivity index (χ0) is 22.7. The number of nitrogens with one attached hydrogen (secondary N) is 1. The summed E-state index contributed by atoms with van der Waals surface area (Å²) >= 11 is 0. The highest BCUT2D eigenvalue weighted by Gasteiger charge is 2.32. The summed E-state index contributed by atoms with van der Waals surface area (Å²) in [6, 6.07) is 27.8. The Hall–Kier alpha value is -3.33. The molecule has 0 aromatic heterocycles. The molecule has 0 spiro atoms. The maximum absolute atomic E-state index is 12.1. The number of amides is 1. The van der Waals surface area contributed by atoms with Gasteiger partial charge < -0.3 is 4.74 Å². The SMILES string of the molecule is Cc1ccc(C2CC=C(c3ccc(NC(=O)OC(C)(C)C)cc3)C2c2ccccc2)cc1. The van der Waals surface area contributed by atoms with Crippen molar-refractivity contribution in [2.75, 3.05) is 5.32 Å². The standard InChI is InChI=1S/C29H31NO2/c1-20-10-12-21(13-11-20)25-18-19-26(27(25)23-8-6-5-7-9-23)22-14-16-24(17-15-22)30-28(31)32-29(2,3)4/h5-17,19,25,27H,18H2,1-4H3,(H,30,31). The van der Waals surface area contributed by atoms with Crippen molar-refractivity contribution >= 4 is 17.4 Å². The number of rotatable bonds is 4. The van der Waals surface area contributed by atoms with E-state index in [0.717, 1.165) is 12.1 Å². The van der Waals surface area contributed by atoms with Gasteiger partial charge in [-0.1, -0.05) is 78.4 Å². The number of ether oxygens (including phenoxy) is 1. The first-order chi connectivity index (χ1) is 15.3. The Kier molecular flexibility index (Phi) is 6.18. The molecule has 164 valence electrons. The van der Waals surface area contributed by atoms with Crippen LogP contribution in [0, 0.1) is 6.92 Å². The Morgan fingerprint density at radius 2 is 1.53 bits per heavy atom. The molecule has 1 N–H and O–H groups in total. The fourth-order valence-corrected chi connectivity index (χ4v) is 4.41. The Morgan fingerprint density at radius 3 is 2.16 bits per heavy atom. The number of carbonyl (C=O) groups is 1. The van der Waals surface area contributed by atoms with E-state index < -0.39 is 11.7 Å². The number of benzene rings is 3. The van der Waals surface area contributed by atoms with Crippen LogP contribution in [0.1, 0.15) is 61.3 Å². The largest absolute Gasteiger partial charge is 0.444 e. The molecule has 3 nitrogen and oxygen atoms in total. The van der Waals surface area contributed by atoms with Crippen LogP contribution in [0.15, 0.2) is 84.9 Å². The van der Waals surface area contributed by atoms with Crippen molar-refractivity contribution in [3.63, 3.8) is 0 Å². The van der Waals surface area contributed by atoms with E-state index in [1.54, 1.807) is 0 Å². The summed E-state index contributed by atoms with van der Waals surface area (Å²) in [6.07, 6.45) is 2.95. The van der Waals surface area contributed by atoms with Crippen LogP contribution in [-0.2, 0) is 4.74 Å². The molecule has 2 atom stereocenters. The van der Waals surface area contributed by atoms with Crippen molar-refractivity contribution in [3.05, 3.63) is 107 Å². The van der Waals surface area contributed by atoms with E-state index in [2.05, 4.69) is 85.0 Å². The number of anilines is 1. The molecule has 0 saturated carbocycles. The highest BCUT2D eigenvalue weighted by Crippen LogP contribution is 2.50. The van der Waals surface area contributed by atoms with Gasteiger partial charge in [0.2, 0.25) is 0 Å². The summed E-state index contributed by atoms with van der Waals surface area (Å²) in [7, 11) is 0. The molecule has 0 saturated heterocycles. The summed E-state index contributed by atoms with van der Waals surface area (Å²) in [4.78, 5) is 12.1. The minimum absolute atomic E-state index is 0.295. The predicted molar refractivity (Wildman–Crippen MR) is 132 cm³/mol. The normalized spacial score (nSPS) is 18.2. The van der Waals surface area contributed by atoms with Gasteiger partial charge in [0, 0.05) is 11.6 Å². The zero-order valence-electron chi connectivity index (χ0n) is 19.3. The molecule has 0 aliphatic heterocycles. The smallest absolute Gasteiger partial charge is 0.412 e. The van der Waals surface area contributed by atoms with Crippen molar-refractivity contribution in [1.82, 2.24) is 0 Å². The molecule has 2 unspecified atom stereocenters. The molecular formula is C29H31NO2. The van der Waals surface area contributed by atoms with Crippen molar-refractivity contribution in [2.24, 2.45) is 0 Å². The van der Waals surface area contributed by atoms with E-state index in [9.17, 15) is 4.79 Å². The van der Waals surface area contributed by atoms with E-state index in [0.29, 0.717) is 11.8 Å². The molecule has 3 aromatic rings. The molecule has 1 amide bonds. The molecule has 0 bridgehead atoms. The van der Waals surface area contributed by atoms with Gasteiger partial charge in [-0.2, -0.15) is 0 Å². The molecule has 4 rings (SSSR count). The molecular weight excluding hydrogens is 394 g/mol. The van der Waals surface area contributed by atoms with E-state index in [1.165, 1.54) is 27.8 Å². The number of hydrogen-bond donors (Lipinski definition) is 1. The van der Waals surface area contributed by atoms with Gasteiger partial charge in [0.25, 0.3) is 0 Å². The highest BCUT2D eigenvalue weighted by atomic mass is 16.6. The maximum atomic E-state index is 12.1. The lowest BCUT2D eigenvalue weighted by Crippen LogP contribution is -2.27. The van der Waals surface area contributed by atoms with Gasteiger partial charge in [0.1, 0.15) is 5.60 Å². The average molecular weight is 426 g/mol. The van der Waals surface area contributed by atoms with Gasteiger partial charge in [-0.25, -0.2) is 4.79 Å². The minimum atomic E-state index is -0.521. The Bertz CT molecular complexity index is 1090. The number of hydrogen-bond acceptors (Lipinski definition) is 2. The first-order valence-corrected chi connectivity index (χ1v) is 11.2. The maximum Gasteiger partial charge on any atom is 0.412 e. The Balaban J connectivity index is 1.59. The third-order valence-corrected chi connectivity index (χ3v) is 5.86. The fourth-order valence-electron chi connectivity index (χ4n) is 4.41. The van der Waals surface area contributed by atoms with Gasteiger partial charge >= 0.3 is 6.09 Å². The molecule has 32 heavy (non-hydrogen) atoms. The lowest BCUT2D eigenvalue weighted by molar-refractivity contribution is 0.0636. The monoisotopic (exact) mass is 425 g/mol. The van der Waals surface area contributed by atoms with Crippen LogP contribution in [0.5, 0.6) is 0 Å². The van der Waals surface area contributed by atoms with Crippen LogP contribution in [0.25, 0.3) is 5.57 Å². The first-order valence-electron chi connectivity index (χ1n) is 11.2. The number of aryl methyl sites for hydroxylation is 1. The molecule has 3 aromatic carbocycles. The van der Waals surface area contributed by atoms with Crippen molar-refractivity contribution in [1.29, 1.82) is 0 Å². The lowest BCUT2D eigenvalue weighted by atomic mass is 9.79. The van der Waals surface area contributed by atoms with Gasteiger partial charge in [-0.05, 0) is 74.4 Å². The number of allylic oxidation sites excluding steroid dienone is 2. The molecule has 1 aliphatic carbocycles. The second-order valence-electron chi connectivity index (χ2n) is 9.50. The summed E-state index contributed by atoms with van der Waals surface area (Å²) in [5, 5.41) is 2.82. The first kappa shape index (κ1) is 21.9. The third kappa shape index (κ3) is 5.11. The lowest BCUT2D eigenvalue weighted by Gasteiger charge is -2.25. The van der Waals surface area contributed by atoms with Gasteiger partial charge in [-0.15, -0.1) is 0 Å². The van der Waals surface area contributed by atoms with Crippen LogP contribution in [0.2, 0.25) is 0 Å². The average Bonchev–Trinajstić information content (AvgIpc) is 3.19. The predicted octanol–water partition coefficient (Wildman–Crippen LogP) is 7.70. The van der Waals surface area contributed by atoms with E-state index in [1.807, 2.05) is 32.9 Å². The van der Waals surface area contributed by atoms with Crippen LogP contribution in [0.4, 0.5) is 10.5 Å². The van der Waals surface area contributed by atoms with Crippen LogP contribution >= 0.6 is 0 Å². The van der Waals surface area contributed by atoms with E-state index >= 15 is 0 Å². The van der Waals surface area contributed by atoms with Crippen LogP contribution in [-0.4, -0.2) is 11.7 Å². The van der Waals surface area contributed by atoms with Crippen LogP contribution in [0.3, 0.4) is 0 Å². The van der Waals surface area contributed by atoms with Gasteiger partial charge in [-0.3, -0.25) is 5.32 Å². The van der Waals surface area contributed by atoms with Crippen molar-refractivity contribution in [3.8, 4) is 0 Å². The summed E-state index contributed by atoms with van der Waals surface area (Å²) < 4.78 is 5.36. The highest BCUT2D eigenvalue weighted by molar-refractivity contribution is 5.85. The third-order valence-electron chi connectivity index (χ3n) is 5.86. The van der Waals surface area contributed by atoms with E-state index in [4.69, 9.17) is 4.74 Å². The van der Waals surface area contributed by atoms with E-state index in [-0.39, 0.29) is 0 Å². The second-order valence-corrected chi connectivity index (χ2v) is 9.50. The summed E-state index contributed by atoms with van der Waals surface area (Å²) in [6.45, 7) is 7.70. The Morgan fingerprint density at radius 1 is 0.875 bits per heavy atom. The van der Waals surface area contributed by atoms with Crippen molar-refractivity contribution < 1.29 is 9.53 Å². The minimum Gasteiger partial charge on any atom is -0.444 e. The summed E-state index contributed by atoms with van der Waals surface area (Å²) in [5.41, 5.74) is 6.72. The molecule has 3 heteroatoms. The quantitative estimate of drug-likeness (QED) is 0.465. The van der Waals surface area contributed by atoms with Gasteiger partial charge in [0.05, 0.1) is 0 Å².